The van der Waals surface area contributed by atoms with E-state index >= 15 is 0 Å². The highest BCUT2D eigenvalue weighted by Gasteiger charge is 2.23. The van der Waals surface area contributed by atoms with E-state index in [0.717, 1.165) is 39.3 Å². The van der Waals surface area contributed by atoms with Gasteiger partial charge in [0.25, 0.3) is 0 Å². The molecule has 0 aliphatic rings. The van der Waals surface area contributed by atoms with Crippen LogP contribution in [0.3, 0.4) is 0 Å². The van der Waals surface area contributed by atoms with E-state index in [0.29, 0.717) is 0 Å². The topological polar surface area (TPSA) is 3.24 Å². The molecule has 0 fully saturated rings. The molecule has 0 amide bonds. The predicted octanol–water partition coefficient (Wildman–Crippen LogP) is 17.5. The van der Waals surface area contributed by atoms with Crippen LogP contribution in [0.25, 0.3) is 88.3 Å². The summed E-state index contributed by atoms with van der Waals surface area (Å²) in [7, 11) is 0. The lowest BCUT2D eigenvalue weighted by molar-refractivity contribution is 1.28. The van der Waals surface area contributed by atoms with Gasteiger partial charge in [0.05, 0.1) is 11.4 Å². The van der Waals surface area contributed by atoms with Gasteiger partial charge < -0.3 is 4.90 Å². The maximum atomic E-state index is 2.46. The van der Waals surface area contributed by atoms with Crippen LogP contribution >= 0.6 is 0 Å². The van der Waals surface area contributed by atoms with Crippen LogP contribution in [0.5, 0.6) is 0 Å². The maximum Gasteiger partial charge on any atom is 0.0540 e. The van der Waals surface area contributed by atoms with Gasteiger partial charge in [0, 0.05) is 16.8 Å². The Morgan fingerprint density at radius 1 is 0.206 bits per heavy atom. The molecule has 0 spiro atoms. The lowest BCUT2D eigenvalue weighted by Gasteiger charge is -2.30. The molecule has 11 aromatic carbocycles. The third kappa shape index (κ3) is 7.16. The third-order valence-corrected chi connectivity index (χ3v) is 12.3. The molecule has 0 unspecified atom stereocenters. The number of rotatable bonds is 9. The Labute approximate surface area is 369 Å². The van der Waals surface area contributed by atoms with E-state index in [9.17, 15) is 0 Å². The Morgan fingerprint density at radius 3 is 1.24 bits per heavy atom. The quantitative estimate of drug-likeness (QED) is 0.131. The number of hydrogen-bond donors (Lipinski definition) is 0. The Kier molecular flexibility index (Phi) is 9.97. The standard InChI is InChI=1S/C62H43N/c1-6-20-44(21-7-1)46-34-38-52(39-35-46)63(60-41-37-50(45-22-8-2-9-23-45)42-57(60)47-24-10-3-11-25-47)59-33-19-18-30-53(59)51-36-40-55-54-31-16-17-32-56(54)61(48-26-12-4-13-27-48)62(58(55)43-51)49-28-14-5-15-29-49/h1-43H. The summed E-state index contributed by atoms with van der Waals surface area (Å²) >= 11 is 0. The van der Waals surface area contributed by atoms with Gasteiger partial charge in [0.15, 0.2) is 0 Å². The molecule has 1 heteroatoms. The second-order valence-corrected chi connectivity index (χ2v) is 16.0. The molecule has 0 saturated carbocycles. The number of benzene rings is 11. The summed E-state index contributed by atoms with van der Waals surface area (Å²) < 4.78 is 0. The fourth-order valence-electron chi connectivity index (χ4n) is 9.31. The molecule has 0 aliphatic heterocycles. The number of hydrogen-bond acceptors (Lipinski definition) is 1. The van der Waals surface area contributed by atoms with E-state index in [1.54, 1.807) is 0 Å². The van der Waals surface area contributed by atoms with Crippen LogP contribution in [0.15, 0.2) is 261 Å². The van der Waals surface area contributed by atoms with Crippen molar-refractivity contribution in [2.24, 2.45) is 0 Å². The monoisotopic (exact) mass is 801 g/mol. The SMILES string of the molecule is c1ccc(-c2ccc(N(c3ccccc3-c3ccc4c(c3)c(-c3ccccc3)c(-c3ccccc3)c3ccccc34)c3ccc(-c4ccccc4)cc3-c3ccccc3)cc2)cc1. The zero-order valence-electron chi connectivity index (χ0n) is 34.8. The molecular weight excluding hydrogens is 759 g/mol. The van der Waals surface area contributed by atoms with Crippen molar-refractivity contribution >= 4 is 38.6 Å². The lowest BCUT2D eigenvalue weighted by atomic mass is 9.84. The first-order chi connectivity index (χ1) is 31.3. The molecule has 0 radical (unpaired) electrons. The molecule has 0 aliphatic carbocycles. The highest BCUT2D eigenvalue weighted by Crippen LogP contribution is 2.49. The van der Waals surface area contributed by atoms with E-state index in [-0.39, 0.29) is 0 Å². The Hall–Kier alpha value is -8.26. The van der Waals surface area contributed by atoms with Crippen LogP contribution in [-0.4, -0.2) is 0 Å². The van der Waals surface area contributed by atoms with Crippen LogP contribution in [0, 0.1) is 0 Å². The Balaban J connectivity index is 1.17. The second kappa shape index (κ2) is 16.7. The van der Waals surface area contributed by atoms with E-state index in [4.69, 9.17) is 0 Å². The molecule has 296 valence electrons. The number of fused-ring (bicyclic) bond motifs is 3. The molecule has 0 aromatic heterocycles. The molecule has 0 atom stereocenters. The van der Waals surface area contributed by atoms with Crippen LogP contribution in [-0.2, 0) is 0 Å². The van der Waals surface area contributed by atoms with Gasteiger partial charge in [-0.1, -0.05) is 224 Å². The van der Waals surface area contributed by atoms with Crippen molar-refractivity contribution in [3.63, 3.8) is 0 Å². The smallest absolute Gasteiger partial charge is 0.0540 e. The molecule has 11 rings (SSSR count). The summed E-state index contributed by atoms with van der Waals surface area (Å²) in [6.45, 7) is 0. The van der Waals surface area contributed by atoms with Gasteiger partial charge in [0.2, 0.25) is 0 Å². The van der Waals surface area contributed by atoms with Crippen LogP contribution in [0.1, 0.15) is 0 Å². The van der Waals surface area contributed by atoms with E-state index in [2.05, 4.69) is 266 Å². The zero-order chi connectivity index (χ0) is 42.0. The van der Waals surface area contributed by atoms with Gasteiger partial charge >= 0.3 is 0 Å². The lowest BCUT2D eigenvalue weighted by Crippen LogP contribution is -2.12. The number of para-hydroxylation sites is 1. The minimum atomic E-state index is 1.08. The van der Waals surface area contributed by atoms with Crippen molar-refractivity contribution in [1.82, 2.24) is 0 Å². The van der Waals surface area contributed by atoms with Gasteiger partial charge in [0.1, 0.15) is 0 Å². The highest BCUT2D eigenvalue weighted by atomic mass is 15.1. The fourth-order valence-corrected chi connectivity index (χ4v) is 9.31. The first kappa shape index (κ1) is 37.7. The number of anilines is 3. The minimum Gasteiger partial charge on any atom is -0.309 e. The summed E-state index contributed by atoms with van der Waals surface area (Å²) in [6.07, 6.45) is 0. The largest absolute Gasteiger partial charge is 0.309 e. The van der Waals surface area contributed by atoms with Crippen molar-refractivity contribution in [2.75, 3.05) is 4.90 Å². The molecular formula is C62H43N. The second-order valence-electron chi connectivity index (χ2n) is 16.0. The third-order valence-electron chi connectivity index (χ3n) is 12.3. The molecule has 63 heavy (non-hydrogen) atoms. The molecule has 0 bridgehead atoms. The number of nitrogens with zero attached hydrogens (tertiary/aromatic N) is 1. The van der Waals surface area contributed by atoms with E-state index in [1.807, 2.05) is 0 Å². The first-order valence-electron chi connectivity index (χ1n) is 21.7. The van der Waals surface area contributed by atoms with E-state index < -0.39 is 0 Å². The van der Waals surface area contributed by atoms with Gasteiger partial charge in [-0.3, -0.25) is 0 Å². The van der Waals surface area contributed by atoms with Gasteiger partial charge in [-0.05, 0) is 114 Å². The predicted molar refractivity (Wildman–Crippen MR) is 269 cm³/mol. The van der Waals surface area contributed by atoms with Crippen molar-refractivity contribution in [3.8, 4) is 66.8 Å². The normalized spacial score (nSPS) is 11.2. The molecule has 0 N–H and O–H groups in total. The Bertz CT molecular complexity index is 3340. The average Bonchev–Trinajstić information content (AvgIpc) is 3.37. The highest BCUT2D eigenvalue weighted by molar-refractivity contribution is 6.22. The van der Waals surface area contributed by atoms with Crippen molar-refractivity contribution < 1.29 is 0 Å². The van der Waals surface area contributed by atoms with Gasteiger partial charge in [-0.25, -0.2) is 0 Å². The van der Waals surface area contributed by atoms with Crippen molar-refractivity contribution in [1.29, 1.82) is 0 Å². The summed E-state index contributed by atoms with van der Waals surface area (Å²) in [5.74, 6) is 0. The van der Waals surface area contributed by atoms with E-state index in [1.165, 1.54) is 66.1 Å². The molecule has 11 aromatic rings. The van der Waals surface area contributed by atoms with Gasteiger partial charge in [-0.2, -0.15) is 0 Å². The zero-order valence-corrected chi connectivity index (χ0v) is 34.8. The molecule has 0 saturated heterocycles. The minimum absolute atomic E-state index is 1.08. The van der Waals surface area contributed by atoms with Crippen molar-refractivity contribution in [2.45, 2.75) is 0 Å². The van der Waals surface area contributed by atoms with Crippen LogP contribution < -0.4 is 4.90 Å². The van der Waals surface area contributed by atoms with Gasteiger partial charge in [-0.15, -0.1) is 0 Å². The maximum absolute atomic E-state index is 2.46. The fraction of sp³-hybridized carbons (Fsp3) is 0. The Morgan fingerprint density at radius 2 is 0.619 bits per heavy atom. The molecule has 0 heterocycles. The summed E-state index contributed by atoms with van der Waals surface area (Å²) in [5.41, 5.74) is 17.5. The summed E-state index contributed by atoms with van der Waals surface area (Å²) in [6, 6.07) is 94.7. The van der Waals surface area contributed by atoms with Crippen LogP contribution in [0.2, 0.25) is 0 Å². The molecule has 1 nitrogen and oxygen atoms in total. The summed E-state index contributed by atoms with van der Waals surface area (Å²) in [5, 5.41) is 4.96. The van der Waals surface area contributed by atoms with Crippen LogP contribution in [0.4, 0.5) is 17.1 Å². The van der Waals surface area contributed by atoms with Crippen molar-refractivity contribution in [3.05, 3.63) is 261 Å². The first-order valence-corrected chi connectivity index (χ1v) is 21.7. The summed E-state index contributed by atoms with van der Waals surface area (Å²) in [4.78, 5) is 2.46. The average molecular weight is 802 g/mol.